The molecule has 2 atom stereocenters. The van der Waals surface area contributed by atoms with E-state index in [2.05, 4.69) is 25.8 Å². The number of carbonyl (C=O) groups is 1. The molecule has 2 saturated heterocycles. The lowest BCUT2D eigenvalue weighted by atomic mass is 10.1. The van der Waals surface area contributed by atoms with Gasteiger partial charge in [0.05, 0.1) is 12.7 Å². The van der Waals surface area contributed by atoms with Gasteiger partial charge in [-0.2, -0.15) is 0 Å². The highest BCUT2D eigenvalue weighted by molar-refractivity contribution is 14.0. The summed E-state index contributed by atoms with van der Waals surface area (Å²) < 4.78 is 11.7. The van der Waals surface area contributed by atoms with Gasteiger partial charge in [0, 0.05) is 45.0 Å². The number of benzene rings is 1. The largest absolute Gasteiger partial charge is 0.375 e. The number of guanidine groups is 1. The van der Waals surface area contributed by atoms with Crippen LogP contribution in [-0.4, -0.2) is 68.5 Å². The van der Waals surface area contributed by atoms with Gasteiger partial charge in [0.15, 0.2) is 5.96 Å². The molecule has 2 aliphatic heterocycles. The Labute approximate surface area is 196 Å². The summed E-state index contributed by atoms with van der Waals surface area (Å²) in [7, 11) is 1.80. The number of rotatable bonds is 5. The Bertz CT molecular complexity index is 692. The first-order chi connectivity index (χ1) is 14.0. The third-order valence-electron chi connectivity index (χ3n) is 5.07. The minimum atomic E-state index is -0.195. The summed E-state index contributed by atoms with van der Waals surface area (Å²) in [5, 5.41) is 9.08. The normalized spacial score (nSPS) is 21.9. The van der Waals surface area contributed by atoms with Gasteiger partial charge in [-0.1, -0.05) is 12.1 Å². The molecule has 1 aromatic carbocycles. The highest BCUT2D eigenvalue weighted by atomic mass is 127. The zero-order chi connectivity index (χ0) is 20.6. The van der Waals surface area contributed by atoms with Crippen molar-refractivity contribution in [3.63, 3.8) is 0 Å². The van der Waals surface area contributed by atoms with E-state index in [1.54, 1.807) is 7.05 Å². The van der Waals surface area contributed by atoms with Gasteiger partial charge >= 0.3 is 6.03 Å². The second kappa shape index (κ2) is 12.3. The number of nitrogens with one attached hydrogen (secondary N) is 3. The van der Waals surface area contributed by atoms with Crippen molar-refractivity contribution in [1.29, 1.82) is 0 Å². The zero-order valence-electron chi connectivity index (χ0n) is 18.0. The van der Waals surface area contributed by atoms with Crippen molar-refractivity contribution < 1.29 is 14.3 Å². The average Bonchev–Trinajstić information content (AvgIpc) is 3.24. The van der Waals surface area contributed by atoms with Crippen LogP contribution in [0.15, 0.2) is 29.3 Å². The minimum Gasteiger partial charge on any atom is -0.375 e. The molecule has 3 rings (SSSR count). The number of halogens is 1. The number of nitrogens with zero attached hydrogens (tertiary/aromatic N) is 2. The molecule has 0 aromatic heterocycles. The third-order valence-corrected chi connectivity index (χ3v) is 5.07. The van der Waals surface area contributed by atoms with Crippen LogP contribution < -0.4 is 16.0 Å². The number of urea groups is 1. The summed E-state index contributed by atoms with van der Waals surface area (Å²) in [6.45, 7) is 7.64. The number of carbonyl (C=O) groups excluding carboxylic acids is 1. The average molecular weight is 531 g/mol. The SMILES string of the molecule is CN=C(NCc1ccc(NC(=O)NC(C)C)cc1)N1CCOC(C2CCCO2)C1.I. The van der Waals surface area contributed by atoms with Gasteiger partial charge in [-0.15, -0.1) is 24.0 Å². The molecular weight excluding hydrogens is 497 g/mol. The van der Waals surface area contributed by atoms with Crippen LogP contribution in [0.3, 0.4) is 0 Å². The molecule has 168 valence electrons. The maximum atomic E-state index is 11.8. The van der Waals surface area contributed by atoms with Crippen LogP contribution >= 0.6 is 24.0 Å². The van der Waals surface area contributed by atoms with Crippen LogP contribution in [0.2, 0.25) is 0 Å². The molecule has 2 amide bonds. The zero-order valence-corrected chi connectivity index (χ0v) is 20.3. The highest BCUT2D eigenvalue weighted by Crippen LogP contribution is 2.21. The fourth-order valence-corrected chi connectivity index (χ4v) is 3.64. The molecule has 0 bridgehead atoms. The first-order valence-electron chi connectivity index (χ1n) is 10.4. The monoisotopic (exact) mass is 531 g/mol. The van der Waals surface area contributed by atoms with Gasteiger partial charge in [-0.05, 0) is 44.4 Å². The third kappa shape index (κ3) is 7.28. The number of amides is 2. The van der Waals surface area contributed by atoms with E-state index in [9.17, 15) is 4.79 Å². The Hall–Kier alpha value is -1.59. The molecular formula is C21H34IN5O3. The molecule has 30 heavy (non-hydrogen) atoms. The number of hydrogen-bond donors (Lipinski definition) is 3. The van der Waals surface area contributed by atoms with Crippen molar-refractivity contribution >= 4 is 41.7 Å². The summed E-state index contributed by atoms with van der Waals surface area (Å²) in [6, 6.07) is 7.72. The Morgan fingerprint density at radius 1 is 1.20 bits per heavy atom. The fourth-order valence-electron chi connectivity index (χ4n) is 3.64. The second-order valence-electron chi connectivity index (χ2n) is 7.76. The number of morpholine rings is 1. The van der Waals surface area contributed by atoms with E-state index in [0.29, 0.717) is 13.2 Å². The Morgan fingerprint density at radius 3 is 2.57 bits per heavy atom. The lowest BCUT2D eigenvalue weighted by Crippen LogP contribution is -2.53. The topological polar surface area (TPSA) is 87.2 Å². The molecule has 0 spiro atoms. The first-order valence-corrected chi connectivity index (χ1v) is 10.4. The molecule has 1 aromatic rings. The van der Waals surface area contributed by atoms with E-state index >= 15 is 0 Å². The number of ether oxygens (including phenoxy) is 2. The van der Waals surface area contributed by atoms with Crippen molar-refractivity contribution in [1.82, 2.24) is 15.5 Å². The van der Waals surface area contributed by atoms with Crippen molar-refractivity contribution in [2.75, 3.05) is 38.7 Å². The van der Waals surface area contributed by atoms with Gasteiger partial charge in [0.1, 0.15) is 6.10 Å². The molecule has 2 heterocycles. The van der Waals surface area contributed by atoms with Gasteiger partial charge in [-0.3, -0.25) is 4.99 Å². The molecule has 8 nitrogen and oxygen atoms in total. The maximum absolute atomic E-state index is 11.8. The number of aliphatic imine (C=N–C) groups is 1. The molecule has 3 N–H and O–H groups in total. The van der Waals surface area contributed by atoms with Crippen LogP contribution in [0.1, 0.15) is 32.3 Å². The van der Waals surface area contributed by atoms with Crippen molar-refractivity contribution in [2.45, 2.75) is 51.5 Å². The molecule has 9 heteroatoms. The lowest BCUT2D eigenvalue weighted by Gasteiger charge is -2.37. The highest BCUT2D eigenvalue weighted by Gasteiger charge is 2.32. The summed E-state index contributed by atoms with van der Waals surface area (Å²) >= 11 is 0. The van der Waals surface area contributed by atoms with Gasteiger partial charge in [0.2, 0.25) is 0 Å². The predicted molar refractivity (Wildman–Crippen MR) is 130 cm³/mol. The van der Waals surface area contributed by atoms with Crippen LogP contribution in [0.4, 0.5) is 10.5 Å². The smallest absolute Gasteiger partial charge is 0.319 e. The summed E-state index contributed by atoms with van der Waals surface area (Å²) in [6.07, 6.45) is 2.48. The Balaban J connectivity index is 0.00000320. The van der Waals surface area contributed by atoms with Crippen molar-refractivity contribution in [3.05, 3.63) is 29.8 Å². The van der Waals surface area contributed by atoms with Crippen LogP contribution in [0.25, 0.3) is 0 Å². The van der Waals surface area contributed by atoms with Crippen LogP contribution in [0, 0.1) is 0 Å². The lowest BCUT2D eigenvalue weighted by molar-refractivity contribution is -0.0817. The summed E-state index contributed by atoms with van der Waals surface area (Å²) in [4.78, 5) is 18.5. The second-order valence-corrected chi connectivity index (χ2v) is 7.76. The van der Waals surface area contributed by atoms with E-state index in [0.717, 1.165) is 49.7 Å². The fraction of sp³-hybridized carbons (Fsp3) is 0.619. The predicted octanol–water partition coefficient (Wildman–Crippen LogP) is 2.79. The quantitative estimate of drug-likeness (QED) is 0.309. The number of anilines is 1. The Kier molecular flexibility index (Phi) is 10.1. The Morgan fingerprint density at radius 2 is 1.93 bits per heavy atom. The number of hydrogen-bond acceptors (Lipinski definition) is 4. The van der Waals surface area contributed by atoms with E-state index < -0.39 is 0 Å². The van der Waals surface area contributed by atoms with Crippen LogP contribution in [-0.2, 0) is 16.0 Å². The van der Waals surface area contributed by atoms with E-state index in [1.165, 1.54) is 0 Å². The molecule has 2 fully saturated rings. The van der Waals surface area contributed by atoms with Crippen LogP contribution in [0.5, 0.6) is 0 Å². The van der Waals surface area contributed by atoms with Gasteiger partial charge < -0.3 is 30.3 Å². The summed E-state index contributed by atoms with van der Waals surface area (Å²) in [5.74, 6) is 0.870. The standard InChI is InChI=1S/C21H33N5O3.HI/c1-15(2)24-21(27)25-17-8-6-16(7-9-17)13-23-20(22-3)26-10-12-29-19(14-26)18-5-4-11-28-18;/h6-9,15,18-19H,4-5,10-14H2,1-3H3,(H,22,23)(H2,24,25,27);1H. The van der Waals surface area contributed by atoms with Crippen molar-refractivity contribution in [3.8, 4) is 0 Å². The molecule has 0 radical (unpaired) electrons. The van der Waals surface area contributed by atoms with E-state index in [1.807, 2.05) is 38.1 Å². The van der Waals surface area contributed by atoms with Crippen molar-refractivity contribution in [2.24, 2.45) is 4.99 Å². The first kappa shape index (κ1) is 24.7. The van der Waals surface area contributed by atoms with Gasteiger partial charge in [0.25, 0.3) is 0 Å². The van der Waals surface area contributed by atoms with E-state index in [4.69, 9.17) is 9.47 Å². The molecule has 0 aliphatic carbocycles. The van der Waals surface area contributed by atoms with E-state index in [-0.39, 0.29) is 48.3 Å². The molecule has 0 saturated carbocycles. The van der Waals surface area contributed by atoms with Gasteiger partial charge in [-0.25, -0.2) is 4.79 Å². The molecule has 2 aliphatic rings. The summed E-state index contributed by atoms with van der Waals surface area (Å²) in [5.41, 5.74) is 1.88. The minimum absolute atomic E-state index is 0. The maximum Gasteiger partial charge on any atom is 0.319 e. The molecule has 2 unspecified atom stereocenters.